The van der Waals surface area contributed by atoms with Gasteiger partial charge >= 0.3 is 0 Å². The van der Waals surface area contributed by atoms with Crippen molar-refractivity contribution in [3.05, 3.63) is 217 Å². The Morgan fingerprint density at radius 3 is 0.900 bits per heavy atom. The Hall–Kier alpha value is -5.68. The first-order chi connectivity index (χ1) is 24.8. The summed E-state index contributed by atoms with van der Waals surface area (Å²) in [5, 5.41) is 2.59. The van der Waals surface area contributed by atoms with Gasteiger partial charge in [-0.2, -0.15) is 0 Å². The zero-order chi connectivity index (χ0) is 33.8. The Morgan fingerprint density at radius 1 is 0.300 bits per heavy atom. The maximum absolute atomic E-state index is 2.48. The van der Waals surface area contributed by atoms with Gasteiger partial charge < -0.3 is 9.13 Å². The van der Waals surface area contributed by atoms with Gasteiger partial charge in [0.25, 0.3) is 0 Å². The van der Waals surface area contributed by atoms with Gasteiger partial charge in [-0.1, -0.05) is 158 Å². The number of hydrogen-bond acceptors (Lipinski definition) is 2. The Morgan fingerprint density at radius 2 is 0.580 bits per heavy atom. The zero-order valence-electron chi connectivity index (χ0n) is 28.5. The van der Waals surface area contributed by atoms with Crippen LogP contribution >= 0.6 is 0 Å². The third-order valence-electron chi connectivity index (χ3n) is 9.06. The first-order valence-electron chi connectivity index (χ1n) is 17.4. The minimum absolute atomic E-state index is 0.872. The van der Waals surface area contributed by atoms with Crippen molar-refractivity contribution in [1.29, 1.82) is 0 Å². The summed E-state index contributed by atoms with van der Waals surface area (Å²) in [7, 11) is 0. The topological polar surface area (TPSA) is 16.3 Å². The average molecular weight is 653 g/mol. The molecule has 0 spiro atoms. The summed E-state index contributed by atoms with van der Waals surface area (Å²) in [4.78, 5) is 4.97. The van der Waals surface area contributed by atoms with E-state index >= 15 is 0 Å². The molecule has 248 valence electrons. The van der Waals surface area contributed by atoms with Crippen LogP contribution in [-0.4, -0.2) is 18.9 Å². The predicted molar refractivity (Wildman–Crippen MR) is 208 cm³/mol. The summed E-state index contributed by atoms with van der Waals surface area (Å²) >= 11 is 0. The van der Waals surface area contributed by atoms with Gasteiger partial charge in [0, 0.05) is 49.6 Å². The molecule has 0 N–H and O–H groups in total. The number of fused-ring (bicyclic) bond motifs is 2. The van der Waals surface area contributed by atoms with Crippen molar-refractivity contribution >= 4 is 21.8 Å². The molecule has 0 aliphatic heterocycles. The van der Waals surface area contributed by atoms with Crippen molar-refractivity contribution in [3.63, 3.8) is 0 Å². The minimum Gasteiger partial charge on any atom is -0.334 e. The molecule has 0 aliphatic carbocycles. The zero-order valence-corrected chi connectivity index (χ0v) is 28.5. The summed E-state index contributed by atoms with van der Waals surface area (Å²) in [6.45, 7) is 5.48. The largest absolute Gasteiger partial charge is 0.334 e. The molecule has 0 atom stereocenters. The van der Waals surface area contributed by atoms with Crippen molar-refractivity contribution in [2.45, 2.75) is 39.5 Å². The van der Waals surface area contributed by atoms with E-state index in [1.807, 2.05) is 0 Å². The summed E-state index contributed by atoms with van der Waals surface area (Å²) in [6, 6.07) is 64.3. The second-order valence-corrected chi connectivity index (χ2v) is 12.9. The third kappa shape index (κ3) is 8.86. The Kier molecular flexibility index (Phi) is 10.9. The van der Waals surface area contributed by atoms with Crippen LogP contribution in [-0.2, 0) is 39.5 Å². The molecule has 4 heteroatoms. The van der Waals surface area contributed by atoms with Crippen molar-refractivity contribution < 1.29 is 0 Å². The number of hydrogen-bond donors (Lipinski definition) is 0. The SMILES string of the molecule is c1ccc(CN(Cc2ccccc2)Cn2ccc3ccccc32)cc1.c1ccc(CN(Cc2ccccc2)Cn2ccc3ccccc32)cc1. The van der Waals surface area contributed by atoms with E-state index in [9.17, 15) is 0 Å². The van der Waals surface area contributed by atoms with E-state index in [2.05, 4.69) is 213 Å². The monoisotopic (exact) mass is 652 g/mol. The van der Waals surface area contributed by atoms with Gasteiger partial charge in [-0.05, 0) is 57.3 Å². The summed E-state index contributed by atoms with van der Waals surface area (Å²) in [5.74, 6) is 0. The van der Waals surface area contributed by atoms with Crippen LogP contribution in [0.25, 0.3) is 21.8 Å². The number of nitrogens with zero attached hydrogens (tertiary/aromatic N) is 4. The van der Waals surface area contributed by atoms with Crippen LogP contribution in [0.3, 0.4) is 0 Å². The van der Waals surface area contributed by atoms with Gasteiger partial charge in [-0.3, -0.25) is 9.80 Å². The minimum atomic E-state index is 0.872. The van der Waals surface area contributed by atoms with Gasteiger partial charge in [-0.15, -0.1) is 0 Å². The van der Waals surface area contributed by atoms with E-state index in [0.717, 1.165) is 39.5 Å². The highest BCUT2D eigenvalue weighted by molar-refractivity contribution is 5.80. The van der Waals surface area contributed by atoms with Gasteiger partial charge in [0.1, 0.15) is 0 Å². The molecule has 2 aromatic heterocycles. The highest BCUT2D eigenvalue weighted by Crippen LogP contribution is 2.20. The molecule has 0 unspecified atom stereocenters. The van der Waals surface area contributed by atoms with E-state index in [1.54, 1.807) is 0 Å². The molecule has 0 aliphatic rings. The second-order valence-electron chi connectivity index (χ2n) is 12.9. The molecule has 0 amide bonds. The molecule has 0 radical (unpaired) electrons. The lowest BCUT2D eigenvalue weighted by Crippen LogP contribution is -2.25. The second kappa shape index (κ2) is 16.6. The fourth-order valence-electron chi connectivity index (χ4n) is 6.64. The molecule has 2 heterocycles. The highest BCUT2D eigenvalue weighted by atomic mass is 15.2. The number of benzene rings is 6. The molecule has 0 fully saturated rings. The van der Waals surface area contributed by atoms with E-state index in [-0.39, 0.29) is 0 Å². The Labute approximate surface area is 296 Å². The Balaban J connectivity index is 0.000000157. The van der Waals surface area contributed by atoms with Gasteiger partial charge in [0.05, 0.1) is 13.3 Å². The molecule has 0 saturated heterocycles. The fraction of sp³-hybridized carbons (Fsp3) is 0.130. The van der Waals surface area contributed by atoms with Crippen LogP contribution in [0.5, 0.6) is 0 Å². The lowest BCUT2D eigenvalue weighted by molar-refractivity contribution is 0.204. The van der Waals surface area contributed by atoms with Gasteiger partial charge in [-0.25, -0.2) is 0 Å². The summed E-state index contributed by atoms with van der Waals surface area (Å²) in [5.41, 5.74) is 7.94. The molecule has 6 aromatic carbocycles. The standard InChI is InChI=1S/2C23H22N2/c2*1-3-9-20(10-4-1)17-24(18-21-11-5-2-6-12-21)19-25-16-15-22-13-7-8-14-23(22)25/h2*1-16H,17-19H2. The lowest BCUT2D eigenvalue weighted by Gasteiger charge is -2.24. The summed E-state index contributed by atoms with van der Waals surface area (Å²) in [6.07, 6.45) is 4.38. The average Bonchev–Trinajstić information content (AvgIpc) is 3.77. The normalized spacial score (nSPS) is 11.2. The van der Waals surface area contributed by atoms with E-state index in [1.165, 1.54) is 44.1 Å². The van der Waals surface area contributed by atoms with E-state index in [4.69, 9.17) is 0 Å². The number of para-hydroxylation sites is 2. The first kappa shape index (κ1) is 32.8. The van der Waals surface area contributed by atoms with E-state index < -0.39 is 0 Å². The van der Waals surface area contributed by atoms with Crippen LogP contribution in [0.1, 0.15) is 22.3 Å². The van der Waals surface area contributed by atoms with Crippen LogP contribution < -0.4 is 0 Å². The van der Waals surface area contributed by atoms with Crippen LogP contribution in [0, 0.1) is 0 Å². The van der Waals surface area contributed by atoms with Crippen LogP contribution in [0.15, 0.2) is 194 Å². The predicted octanol–water partition coefficient (Wildman–Crippen LogP) is 10.6. The first-order valence-corrected chi connectivity index (χ1v) is 17.4. The van der Waals surface area contributed by atoms with Gasteiger partial charge in [0.15, 0.2) is 0 Å². The van der Waals surface area contributed by atoms with Crippen molar-refractivity contribution in [1.82, 2.24) is 18.9 Å². The third-order valence-corrected chi connectivity index (χ3v) is 9.06. The van der Waals surface area contributed by atoms with Crippen molar-refractivity contribution in [2.24, 2.45) is 0 Å². The molecule has 8 aromatic rings. The van der Waals surface area contributed by atoms with Gasteiger partial charge in [0.2, 0.25) is 0 Å². The molecular weight excluding hydrogens is 609 g/mol. The fourth-order valence-corrected chi connectivity index (χ4v) is 6.64. The van der Waals surface area contributed by atoms with Crippen LogP contribution in [0.4, 0.5) is 0 Å². The molecular formula is C46H44N4. The maximum Gasteiger partial charge on any atom is 0.0756 e. The molecule has 8 rings (SSSR count). The quantitative estimate of drug-likeness (QED) is 0.131. The molecule has 4 nitrogen and oxygen atoms in total. The van der Waals surface area contributed by atoms with Crippen molar-refractivity contribution in [3.8, 4) is 0 Å². The number of aromatic nitrogens is 2. The highest BCUT2D eigenvalue weighted by Gasteiger charge is 2.11. The lowest BCUT2D eigenvalue weighted by atomic mass is 10.2. The Bertz CT molecular complexity index is 1930. The number of rotatable bonds is 12. The smallest absolute Gasteiger partial charge is 0.0756 e. The maximum atomic E-state index is 2.48. The van der Waals surface area contributed by atoms with Crippen molar-refractivity contribution in [2.75, 3.05) is 0 Å². The molecule has 0 bridgehead atoms. The van der Waals surface area contributed by atoms with Crippen LogP contribution in [0.2, 0.25) is 0 Å². The molecule has 0 saturated carbocycles. The van der Waals surface area contributed by atoms with E-state index in [0.29, 0.717) is 0 Å². The molecule has 50 heavy (non-hydrogen) atoms. The summed E-state index contributed by atoms with van der Waals surface area (Å²) < 4.78 is 4.67.